The van der Waals surface area contributed by atoms with Gasteiger partial charge in [-0.3, -0.25) is 9.59 Å². The summed E-state index contributed by atoms with van der Waals surface area (Å²) < 4.78 is 16.9. The van der Waals surface area contributed by atoms with Crippen LogP contribution in [0.3, 0.4) is 0 Å². The molecule has 1 aliphatic heterocycles. The molecule has 3 saturated carbocycles. The molecule has 1 saturated heterocycles. The molecule has 7 nitrogen and oxygen atoms in total. The van der Waals surface area contributed by atoms with Crippen molar-refractivity contribution in [2.24, 2.45) is 28.6 Å². The molecule has 4 fully saturated rings. The Labute approximate surface area is 188 Å². The Morgan fingerprint density at radius 3 is 2.72 bits per heavy atom. The molecule has 0 bridgehead atoms. The summed E-state index contributed by atoms with van der Waals surface area (Å²) in [5.41, 5.74) is -1.00. The second-order valence-electron chi connectivity index (χ2n) is 10.7. The lowest BCUT2D eigenvalue weighted by Crippen LogP contribution is -2.62. The van der Waals surface area contributed by atoms with E-state index in [0.29, 0.717) is 12.8 Å². The highest BCUT2D eigenvalue weighted by atomic mass is 16.7. The standard InChI is InChI=1S/C25H32O7/c1-14-22(29)30-12-20(28)25(32-13-31-14)9-7-18-17-5-4-15-10-16(26)6-8-23(15,2)21(17)19(27)11-24(18,25)3/h6,8,10,14,17-19,21,27H,4-5,7,9,11-13H2,1-3H3/t14?,17-,18-,19-,21+,23-,24-,25-/m0/s1. The minimum atomic E-state index is -1.15. The van der Waals surface area contributed by atoms with Crippen molar-refractivity contribution in [3.8, 4) is 0 Å². The lowest BCUT2D eigenvalue weighted by atomic mass is 9.46. The van der Waals surface area contributed by atoms with Gasteiger partial charge in [0.05, 0.1) is 6.10 Å². The van der Waals surface area contributed by atoms with Crippen molar-refractivity contribution in [2.45, 2.75) is 70.7 Å². The van der Waals surface area contributed by atoms with Crippen LogP contribution in [0, 0.1) is 28.6 Å². The second kappa shape index (κ2) is 7.34. The van der Waals surface area contributed by atoms with Gasteiger partial charge in [0, 0.05) is 16.7 Å². The van der Waals surface area contributed by atoms with Gasteiger partial charge in [0.15, 0.2) is 18.5 Å². The Morgan fingerprint density at radius 1 is 1.16 bits per heavy atom. The van der Waals surface area contributed by atoms with Gasteiger partial charge >= 0.3 is 5.97 Å². The number of aliphatic hydroxyl groups is 1. The predicted octanol–water partition coefficient (Wildman–Crippen LogP) is 2.51. The van der Waals surface area contributed by atoms with Crippen LogP contribution in [0.25, 0.3) is 0 Å². The minimum absolute atomic E-state index is 0.0132. The molecule has 0 aromatic carbocycles. The van der Waals surface area contributed by atoms with E-state index in [1.54, 1.807) is 19.1 Å². The molecule has 1 N–H and O–H groups in total. The predicted molar refractivity (Wildman–Crippen MR) is 113 cm³/mol. The molecule has 1 spiro atoms. The Bertz CT molecular complexity index is 921. The fourth-order valence-electron chi connectivity index (χ4n) is 7.76. The number of esters is 1. The quantitative estimate of drug-likeness (QED) is 0.573. The molecular formula is C25H32O7. The molecule has 5 rings (SSSR count). The summed E-state index contributed by atoms with van der Waals surface area (Å²) in [6.45, 7) is 5.27. The molecule has 4 aliphatic carbocycles. The van der Waals surface area contributed by atoms with Gasteiger partial charge in [0.1, 0.15) is 12.4 Å². The zero-order chi connectivity index (χ0) is 22.9. The van der Waals surface area contributed by atoms with Crippen molar-refractivity contribution in [1.82, 2.24) is 0 Å². The maximum atomic E-state index is 13.5. The van der Waals surface area contributed by atoms with Crippen molar-refractivity contribution >= 4 is 17.5 Å². The van der Waals surface area contributed by atoms with E-state index in [9.17, 15) is 19.5 Å². The van der Waals surface area contributed by atoms with E-state index in [2.05, 4.69) is 13.8 Å². The molecule has 1 heterocycles. The van der Waals surface area contributed by atoms with Gasteiger partial charge in [0.25, 0.3) is 0 Å². The monoisotopic (exact) mass is 444 g/mol. The molecule has 7 heteroatoms. The lowest BCUT2D eigenvalue weighted by molar-refractivity contribution is -0.218. The number of carbonyl (C=O) groups excluding carboxylic acids is 3. The van der Waals surface area contributed by atoms with Crippen LogP contribution in [0.1, 0.15) is 52.9 Å². The van der Waals surface area contributed by atoms with Crippen LogP contribution in [-0.4, -0.2) is 53.9 Å². The minimum Gasteiger partial charge on any atom is -0.456 e. The maximum Gasteiger partial charge on any atom is 0.335 e. The van der Waals surface area contributed by atoms with Crippen LogP contribution in [0.5, 0.6) is 0 Å². The topological polar surface area (TPSA) is 99.1 Å². The summed E-state index contributed by atoms with van der Waals surface area (Å²) in [5.74, 6) is -0.432. The average Bonchev–Trinajstić information content (AvgIpc) is 3.06. The first kappa shape index (κ1) is 22.0. The molecule has 32 heavy (non-hydrogen) atoms. The van der Waals surface area contributed by atoms with Crippen molar-refractivity contribution in [3.63, 3.8) is 0 Å². The van der Waals surface area contributed by atoms with E-state index in [0.717, 1.165) is 24.8 Å². The molecule has 0 aromatic rings. The number of Topliss-reactive ketones (excluding diaryl/α,β-unsaturated/α-hetero) is 1. The van der Waals surface area contributed by atoms with E-state index >= 15 is 0 Å². The fraction of sp³-hybridized carbons (Fsp3) is 0.720. The number of ether oxygens (including phenoxy) is 3. The number of hydrogen-bond acceptors (Lipinski definition) is 7. The lowest BCUT2D eigenvalue weighted by Gasteiger charge is -2.60. The summed E-state index contributed by atoms with van der Waals surface area (Å²) in [7, 11) is 0. The fourth-order valence-corrected chi connectivity index (χ4v) is 7.76. The van der Waals surface area contributed by atoms with Crippen molar-refractivity contribution < 1.29 is 33.7 Å². The van der Waals surface area contributed by atoms with Crippen LogP contribution < -0.4 is 0 Å². The van der Waals surface area contributed by atoms with E-state index in [-0.39, 0.29) is 48.1 Å². The van der Waals surface area contributed by atoms with Crippen LogP contribution in [-0.2, 0) is 28.6 Å². The van der Waals surface area contributed by atoms with Crippen LogP contribution >= 0.6 is 0 Å². The third-order valence-electron chi connectivity index (χ3n) is 9.37. The number of fused-ring (bicyclic) bond motifs is 6. The summed E-state index contributed by atoms with van der Waals surface area (Å²) >= 11 is 0. The van der Waals surface area contributed by atoms with Gasteiger partial charge in [-0.15, -0.1) is 0 Å². The first-order valence-electron chi connectivity index (χ1n) is 11.7. The van der Waals surface area contributed by atoms with E-state index in [1.165, 1.54) is 0 Å². The first-order chi connectivity index (χ1) is 15.1. The normalized spacial score (nSPS) is 48.7. The summed E-state index contributed by atoms with van der Waals surface area (Å²) in [6, 6.07) is 0. The summed E-state index contributed by atoms with van der Waals surface area (Å²) in [6.07, 6.45) is 7.33. The maximum absolute atomic E-state index is 13.5. The van der Waals surface area contributed by atoms with Crippen molar-refractivity contribution in [1.29, 1.82) is 0 Å². The number of hydrogen-bond donors (Lipinski definition) is 1. The third-order valence-corrected chi connectivity index (χ3v) is 9.37. The zero-order valence-electron chi connectivity index (χ0n) is 19.0. The Kier molecular flexibility index (Phi) is 5.04. The third kappa shape index (κ3) is 2.87. The van der Waals surface area contributed by atoms with Crippen molar-refractivity contribution in [2.75, 3.05) is 13.4 Å². The summed E-state index contributed by atoms with van der Waals surface area (Å²) in [4.78, 5) is 37.5. The molecule has 0 amide bonds. The van der Waals surface area contributed by atoms with E-state index in [4.69, 9.17) is 14.2 Å². The number of cyclic esters (lactones) is 1. The Balaban J connectivity index is 1.51. The van der Waals surface area contributed by atoms with Crippen LogP contribution in [0.4, 0.5) is 0 Å². The smallest absolute Gasteiger partial charge is 0.335 e. The molecule has 0 aromatic heterocycles. The molecule has 1 unspecified atom stereocenters. The molecule has 5 aliphatic rings. The molecule has 174 valence electrons. The van der Waals surface area contributed by atoms with Crippen LogP contribution in [0.15, 0.2) is 23.8 Å². The van der Waals surface area contributed by atoms with Gasteiger partial charge in [-0.2, -0.15) is 0 Å². The summed E-state index contributed by atoms with van der Waals surface area (Å²) in [5, 5.41) is 11.5. The second-order valence-corrected chi connectivity index (χ2v) is 10.7. The average molecular weight is 445 g/mol. The first-order valence-corrected chi connectivity index (χ1v) is 11.7. The molecule has 0 radical (unpaired) electrons. The highest BCUT2D eigenvalue weighted by molar-refractivity contribution is 6.01. The number of allylic oxidation sites excluding steroid dienone is 4. The van der Waals surface area contributed by atoms with Gasteiger partial charge in [-0.05, 0) is 63.0 Å². The Morgan fingerprint density at radius 2 is 1.94 bits per heavy atom. The van der Waals surface area contributed by atoms with E-state index < -0.39 is 29.2 Å². The zero-order valence-corrected chi connectivity index (χ0v) is 19.0. The van der Waals surface area contributed by atoms with Gasteiger partial charge < -0.3 is 19.3 Å². The Hall–Kier alpha value is -1.83. The van der Waals surface area contributed by atoms with Gasteiger partial charge in [-0.1, -0.05) is 25.5 Å². The van der Waals surface area contributed by atoms with Gasteiger partial charge in [0.2, 0.25) is 5.78 Å². The molecule has 8 atom stereocenters. The number of carbonyl (C=O) groups is 3. The number of rotatable bonds is 0. The molecular weight excluding hydrogens is 412 g/mol. The largest absolute Gasteiger partial charge is 0.456 e. The van der Waals surface area contributed by atoms with E-state index in [1.807, 2.05) is 6.08 Å². The highest BCUT2D eigenvalue weighted by Gasteiger charge is 2.69. The highest BCUT2D eigenvalue weighted by Crippen LogP contribution is 2.67. The SMILES string of the molecule is CC1OCO[C@@]2(CC[C@H]3[C@@H]4CCC5=CC(=O)C=C[C@]5(C)[C@H]4[C@@H](O)C[C@@]32C)C(=O)COC1=O. The number of ketones is 2. The van der Waals surface area contributed by atoms with Gasteiger partial charge in [-0.25, -0.2) is 4.79 Å². The van der Waals surface area contributed by atoms with Crippen molar-refractivity contribution in [3.05, 3.63) is 23.8 Å². The van der Waals surface area contributed by atoms with Crippen LogP contribution in [0.2, 0.25) is 0 Å². The number of aliphatic hydroxyl groups excluding tert-OH is 1.